The predicted molar refractivity (Wildman–Crippen MR) is 84.5 cm³/mol. The second kappa shape index (κ2) is 7.25. The van der Waals surface area contributed by atoms with E-state index >= 15 is 0 Å². The molecule has 0 heterocycles. The molecule has 2 aromatic carbocycles. The summed E-state index contributed by atoms with van der Waals surface area (Å²) in [7, 11) is 0. The third-order valence-electron chi connectivity index (χ3n) is 3.43. The zero-order valence-corrected chi connectivity index (χ0v) is 12.6. The molecule has 0 amide bonds. The molecule has 0 saturated heterocycles. The zero-order chi connectivity index (χ0) is 15.2. The van der Waals surface area contributed by atoms with Crippen LogP contribution < -0.4 is 5.32 Å². The topological polar surface area (TPSA) is 49.3 Å². The summed E-state index contributed by atoms with van der Waals surface area (Å²) in [6, 6.07) is 15.5. The number of carbonyl (C=O) groups is 1. The lowest BCUT2D eigenvalue weighted by atomic mass is 10.0. The van der Waals surface area contributed by atoms with Crippen molar-refractivity contribution in [2.45, 2.75) is 25.9 Å². The average molecular weight is 304 g/mol. The number of rotatable bonds is 6. The van der Waals surface area contributed by atoms with Crippen molar-refractivity contribution in [3.05, 3.63) is 70.2 Å². The summed E-state index contributed by atoms with van der Waals surface area (Å²) in [5.41, 5.74) is 3.01. The lowest BCUT2D eigenvalue weighted by Crippen LogP contribution is -2.19. The van der Waals surface area contributed by atoms with Gasteiger partial charge in [-0.3, -0.25) is 4.79 Å². The van der Waals surface area contributed by atoms with Gasteiger partial charge in [0.05, 0.1) is 6.42 Å². The van der Waals surface area contributed by atoms with Crippen LogP contribution in [0.3, 0.4) is 0 Å². The fourth-order valence-corrected chi connectivity index (χ4v) is 2.32. The maximum absolute atomic E-state index is 10.9. The molecule has 0 aliphatic rings. The van der Waals surface area contributed by atoms with Crippen LogP contribution in [0.1, 0.15) is 29.7 Å². The number of halogens is 1. The largest absolute Gasteiger partial charge is 0.481 e. The van der Waals surface area contributed by atoms with Gasteiger partial charge in [0.15, 0.2) is 0 Å². The third-order valence-corrected chi connectivity index (χ3v) is 3.68. The highest BCUT2D eigenvalue weighted by Gasteiger charge is 2.09. The van der Waals surface area contributed by atoms with E-state index in [0.29, 0.717) is 6.54 Å². The van der Waals surface area contributed by atoms with Crippen molar-refractivity contribution in [1.82, 2.24) is 5.32 Å². The molecule has 0 fully saturated rings. The van der Waals surface area contributed by atoms with E-state index < -0.39 is 5.97 Å². The molecule has 0 spiro atoms. The Hall–Kier alpha value is -1.84. The van der Waals surface area contributed by atoms with E-state index in [0.717, 1.165) is 21.7 Å². The van der Waals surface area contributed by atoms with Crippen LogP contribution in [0.4, 0.5) is 0 Å². The molecule has 0 aliphatic carbocycles. The van der Waals surface area contributed by atoms with E-state index in [9.17, 15) is 4.79 Å². The highest BCUT2D eigenvalue weighted by atomic mass is 35.5. The summed E-state index contributed by atoms with van der Waals surface area (Å²) in [4.78, 5) is 10.9. The van der Waals surface area contributed by atoms with Crippen molar-refractivity contribution in [3.63, 3.8) is 0 Å². The van der Waals surface area contributed by atoms with Gasteiger partial charge in [0.25, 0.3) is 0 Å². The van der Waals surface area contributed by atoms with Crippen molar-refractivity contribution < 1.29 is 9.90 Å². The molecule has 0 bridgehead atoms. The molecule has 1 atom stereocenters. The Morgan fingerprint density at radius 3 is 2.38 bits per heavy atom. The minimum absolute atomic E-state index is 0.0488. The minimum atomic E-state index is -0.812. The van der Waals surface area contributed by atoms with Crippen molar-refractivity contribution in [1.29, 1.82) is 0 Å². The van der Waals surface area contributed by atoms with Gasteiger partial charge < -0.3 is 10.4 Å². The number of benzene rings is 2. The molecule has 3 nitrogen and oxygen atoms in total. The molecule has 0 aliphatic heterocycles. The molecule has 0 radical (unpaired) electrons. The summed E-state index contributed by atoms with van der Waals surface area (Å²) in [5, 5.41) is 13.1. The summed E-state index contributed by atoms with van der Waals surface area (Å²) in [5.74, 6) is -0.812. The molecule has 4 heteroatoms. The number of hydrogen-bond acceptors (Lipinski definition) is 2. The molecular weight excluding hydrogens is 286 g/mol. The Balaban J connectivity index is 2.02. The predicted octanol–water partition coefficient (Wildman–Crippen LogP) is 3.82. The lowest BCUT2D eigenvalue weighted by Gasteiger charge is -2.16. The quantitative estimate of drug-likeness (QED) is 0.853. The fourth-order valence-electron chi connectivity index (χ4n) is 2.20. The lowest BCUT2D eigenvalue weighted by molar-refractivity contribution is -0.136. The zero-order valence-electron chi connectivity index (χ0n) is 11.8. The van der Waals surface area contributed by atoms with Gasteiger partial charge >= 0.3 is 5.97 Å². The SMILES string of the molecule is CC(NCc1ccccc1CC(=O)O)c1ccc(Cl)cc1. The van der Waals surface area contributed by atoms with E-state index in [1.165, 1.54) is 0 Å². The molecule has 1 unspecified atom stereocenters. The van der Waals surface area contributed by atoms with Crippen molar-refractivity contribution in [3.8, 4) is 0 Å². The second-order valence-corrected chi connectivity index (χ2v) is 5.43. The van der Waals surface area contributed by atoms with Crippen LogP contribution in [-0.2, 0) is 17.8 Å². The monoisotopic (exact) mass is 303 g/mol. The molecule has 0 saturated carbocycles. The highest BCUT2D eigenvalue weighted by molar-refractivity contribution is 6.30. The molecule has 2 aromatic rings. The average Bonchev–Trinajstić information content (AvgIpc) is 2.46. The summed E-state index contributed by atoms with van der Waals surface area (Å²) >= 11 is 5.88. The first kappa shape index (κ1) is 15.5. The van der Waals surface area contributed by atoms with Gasteiger partial charge in [-0.25, -0.2) is 0 Å². The van der Waals surface area contributed by atoms with Crippen molar-refractivity contribution >= 4 is 17.6 Å². The van der Waals surface area contributed by atoms with Crippen LogP contribution in [0.25, 0.3) is 0 Å². The van der Waals surface area contributed by atoms with E-state index in [4.69, 9.17) is 16.7 Å². The van der Waals surface area contributed by atoms with Crippen LogP contribution in [0.15, 0.2) is 48.5 Å². The normalized spacial score (nSPS) is 12.1. The Bertz CT molecular complexity index is 610. The van der Waals surface area contributed by atoms with Crippen molar-refractivity contribution in [2.75, 3.05) is 0 Å². The molecule has 2 N–H and O–H groups in total. The number of nitrogens with one attached hydrogen (secondary N) is 1. The van der Waals surface area contributed by atoms with Gasteiger partial charge in [-0.05, 0) is 35.7 Å². The fraction of sp³-hybridized carbons (Fsp3) is 0.235. The highest BCUT2D eigenvalue weighted by Crippen LogP contribution is 2.17. The first-order chi connectivity index (χ1) is 10.1. The smallest absolute Gasteiger partial charge is 0.307 e. The van der Waals surface area contributed by atoms with Gasteiger partial charge in [0, 0.05) is 17.6 Å². The van der Waals surface area contributed by atoms with Gasteiger partial charge in [-0.15, -0.1) is 0 Å². The summed E-state index contributed by atoms with van der Waals surface area (Å²) < 4.78 is 0. The second-order valence-electron chi connectivity index (χ2n) is 4.99. The van der Waals surface area contributed by atoms with E-state index in [1.54, 1.807) is 0 Å². The van der Waals surface area contributed by atoms with Crippen LogP contribution in [0.5, 0.6) is 0 Å². The third kappa shape index (κ3) is 4.59. The molecule has 110 valence electrons. The first-order valence-corrected chi connectivity index (χ1v) is 7.21. The van der Waals surface area contributed by atoms with Gasteiger partial charge in [0.1, 0.15) is 0 Å². The molecule has 21 heavy (non-hydrogen) atoms. The van der Waals surface area contributed by atoms with Gasteiger partial charge in [0.2, 0.25) is 0 Å². The van der Waals surface area contributed by atoms with Crippen LogP contribution in [-0.4, -0.2) is 11.1 Å². The van der Waals surface area contributed by atoms with E-state index in [-0.39, 0.29) is 12.5 Å². The van der Waals surface area contributed by atoms with Gasteiger partial charge in [-0.2, -0.15) is 0 Å². The summed E-state index contributed by atoms with van der Waals surface area (Å²) in [6.07, 6.45) is 0.0488. The van der Waals surface area contributed by atoms with Crippen LogP contribution in [0.2, 0.25) is 5.02 Å². The number of hydrogen-bond donors (Lipinski definition) is 2. The van der Waals surface area contributed by atoms with E-state index in [1.807, 2.05) is 48.5 Å². The summed E-state index contributed by atoms with van der Waals surface area (Å²) in [6.45, 7) is 2.70. The number of aliphatic carboxylic acids is 1. The van der Waals surface area contributed by atoms with Crippen LogP contribution in [0, 0.1) is 0 Å². The number of carboxylic acids is 1. The number of carboxylic acid groups (broad SMARTS) is 1. The standard InChI is InChI=1S/C17H18ClNO2/c1-12(13-6-8-16(18)9-7-13)19-11-15-5-3-2-4-14(15)10-17(20)21/h2-9,12,19H,10-11H2,1H3,(H,20,21). The first-order valence-electron chi connectivity index (χ1n) is 6.83. The maximum atomic E-state index is 10.9. The molecular formula is C17H18ClNO2. The Kier molecular flexibility index (Phi) is 5.37. The van der Waals surface area contributed by atoms with Crippen LogP contribution >= 0.6 is 11.6 Å². The maximum Gasteiger partial charge on any atom is 0.307 e. The Morgan fingerprint density at radius 2 is 1.76 bits per heavy atom. The Morgan fingerprint density at radius 1 is 1.14 bits per heavy atom. The van der Waals surface area contributed by atoms with Crippen molar-refractivity contribution in [2.24, 2.45) is 0 Å². The molecule has 0 aromatic heterocycles. The van der Waals surface area contributed by atoms with E-state index in [2.05, 4.69) is 12.2 Å². The Labute approximate surface area is 129 Å². The molecule has 2 rings (SSSR count). The van der Waals surface area contributed by atoms with Gasteiger partial charge in [-0.1, -0.05) is 48.0 Å². The minimum Gasteiger partial charge on any atom is -0.481 e.